The molecule has 0 bridgehead atoms. The van der Waals surface area contributed by atoms with E-state index in [-0.39, 0.29) is 24.6 Å². The van der Waals surface area contributed by atoms with Crippen LogP contribution in [0.25, 0.3) is 0 Å². The highest BCUT2D eigenvalue weighted by molar-refractivity contribution is 7.89. The summed E-state index contributed by atoms with van der Waals surface area (Å²) >= 11 is 0. The number of amides is 1. The lowest BCUT2D eigenvalue weighted by Gasteiger charge is -2.07. The second-order valence-electron chi connectivity index (χ2n) is 3.57. The highest BCUT2D eigenvalue weighted by Gasteiger charge is 2.15. The first-order valence-corrected chi connectivity index (χ1v) is 6.99. The minimum absolute atomic E-state index is 0.0447. The molecule has 1 aromatic carbocycles. The van der Waals surface area contributed by atoms with E-state index in [9.17, 15) is 13.2 Å². The molecule has 0 spiro atoms. The standard InChI is InChI=1S/C11H16N2O5S/c1-18-9-2-4-10(5-3-9)19(16,17)13-8-11(15)12-6-7-14/h2-5,13-14H,6-8H2,1H3,(H,12,15). The summed E-state index contributed by atoms with van der Waals surface area (Å²) in [6.45, 7) is -0.492. The van der Waals surface area contributed by atoms with E-state index in [1.807, 2.05) is 0 Å². The Bertz CT molecular complexity index is 512. The Morgan fingerprint density at radius 1 is 1.32 bits per heavy atom. The maximum absolute atomic E-state index is 11.8. The van der Waals surface area contributed by atoms with Gasteiger partial charge in [-0.2, -0.15) is 0 Å². The normalized spacial score (nSPS) is 11.1. The lowest BCUT2D eigenvalue weighted by atomic mass is 10.3. The van der Waals surface area contributed by atoms with Crippen molar-refractivity contribution in [2.24, 2.45) is 0 Å². The minimum atomic E-state index is -3.73. The predicted octanol–water partition coefficient (Wildman–Crippen LogP) is -0.918. The molecule has 0 aromatic heterocycles. The molecular formula is C11H16N2O5S. The second kappa shape index (κ2) is 7.07. The average molecular weight is 288 g/mol. The first-order chi connectivity index (χ1) is 8.99. The van der Waals surface area contributed by atoms with Crippen LogP contribution in [0.15, 0.2) is 29.2 Å². The van der Waals surface area contributed by atoms with Crippen LogP contribution in [0.1, 0.15) is 0 Å². The Balaban J connectivity index is 2.62. The van der Waals surface area contributed by atoms with Gasteiger partial charge >= 0.3 is 0 Å². The van der Waals surface area contributed by atoms with Crippen molar-refractivity contribution in [1.82, 2.24) is 10.0 Å². The van der Waals surface area contributed by atoms with Gasteiger partial charge in [0.05, 0.1) is 25.2 Å². The number of aliphatic hydroxyl groups is 1. The van der Waals surface area contributed by atoms with Crippen molar-refractivity contribution < 1.29 is 23.1 Å². The van der Waals surface area contributed by atoms with Crippen LogP contribution in [-0.4, -0.2) is 46.2 Å². The minimum Gasteiger partial charge on any atom is -0.497 e. The first-order valence-electron chi connectivity index (χ1n) is 5.51. The third-order valence-corrected chi connectivity index (χ3v) is 3.64. The fraction of sp³-hybridized carbons (Fsp3) is 0.364. The Hall–Kier alpha value is -1.64. The van der Waals surface area contributed by atoms with Crippen LogP contribution in [0, 0.1) is 0 Å². The van der Waals surface area contributed by atoms with Gasteiger partial charge in [0.1, 0.15) is 5.75 Å². The monoisotopic (exact) mass is 288 g/mol. The predicted molar refractivity (Wildman–Crippen MR) is 68.3 cm³/mol. The van der Waals surface area contributed by atoms with Crippen molar-refractivity contribution in [3.8, 4) is 5.75 Å². The van der Waals surface area contributed by atoms with Crippen molar-refractivity contribution in [2.45, 2.75) is 4.90 Å². The van der Waals surface area contributed by atoms with Gasteiger partial charge in [-0.3, -0.25) is 4.79 Å². The van der Waals surface area contributed by atoms with Crippen LogP contribution >= 0.6 is 0 Å². The summed E-state index contributed by atoms with van der Waals surface area (Å²) in [6.07, 6.45) is 0. The van der Waals surface area contributed by atoms with Crippen LogP contribution < -0.4 is 14.8 Å². The van der Waals surface area contributed by atoms with Crippen molar-refractivity contribution >= 4 is 15.9 Å². The van der Waals surface area contributed by atoms with E-state index in [0.29, 0.717) is 5.75 Å². The molecule has 0 aliphatic carbocycles. The first kappa shape index (κ1) is 15.4. The number of hydrogen-bond acceptors (Lipinski definition) is 5. The highest BCUT2D eigenvalue weighted by Crippen LogP contribution is 2.14. The average Bonchev–Trinajstić information content (AvgIpc) is 2.43. The number of nitrogens with one attached hydrogen (secondary N) is 2. The van der Waals surface area contributed by atoms with Gasteiger partial charge in [0, 0.05) is 6.54 Å². The van der Waals surface area contributed by atoms with Gasteiger partial charge in [0.15, 0.2) is 0 Å². The van der Waals surface area contributed by atoms with E-state index in [1.54, 1.807) is 0 Å². The lowest BCUT2D eigenvalue weighted by molar-refractivity contribution is -0.120. The highest BCUT2D eigenvalue weighted by atomic mass is 32.2. The maximum Gasteiger partial charge on any atom is 0.241 e. The summed E-state index contributed by atoms with van der Waals surface area (Å²) in [5, 5.41) is 10.8. The number of carbonyl (C=O) groups is 1. The van der Waals surface area contributed by atoms with E-state index < -0.39 is 15.9 Å². The van der Waals surface area contributed by atoms with Gasteiger partial charge in [0.25, 0.3) is 0 Å². The molecular weight excluding hydrogens is 272 g/mol. The van der Waals surface area contributed by atoms with Gasteiger partial charge < -0.3 is 15.2 Å². The largest absolute Gasteiger partial charge is 0.497 e. The number of ether oxygens (including phenoxy) is 1. The second-order valence-corrected chi connectivity index (χ2v) is 5.34. The van der Waals surface area contributed by atoms with Gasteiger partial charge in [-0.1, -0.05) is 0 Å². The van der Waals surface area contributed by atoms with Gasteiger partial charge in [0.2, 0.25) is 15.9 Å². The zero-order valence-corrected chi connectivity index (χ0v) is 11.2. The van der Waals surface area contributed by atoms with E-state index in [4.69, 9.17) is 9.84 Å². The van der Waals surface area contributed by atoms with Crippen molar-refractivity contribution in [3.63, 3.8) is 0 Å². The van der Waals surface area contributed by atoms with Gasteiger partial charge in [-0.15, -0.1) is 0 Å². The molecule has 0 fully saturated rings. The Morgan fingerprint density at radius 2 is 1.95 bits per heavy atom. The van der Waals surface area contributed by atoms with Gasteiger partial charge in [-0.05, 0) is 24.3 Å². The van der Waals surface area contributed by atoms with Crippen molar-refractivity contribution in [3.05, 3.63) is 24.3 Å². The van der Waals surface area contributed by atoms with E-state index >= 15 is 0 Å². The van der Waals surface area contributed by atoms with Crippen LogP contribution in [0.5, 0.6) is 5.75 Å². The molecule has 0 aliphatic rings. The topological polar surface area (TPSA) is 105 Å². The molecule has 0 atom stereocenters. The Morgan fingerprint density at radius 3 is 2.47 bits per heavy atom. The number of benzene rings is 1. The molecule has 1 rings (SSSR count). The van der Waals surface area contributed by atoms with E-state index in [1.165, 1.54) is 31.4 Å². The quantitative estimate of drug-likeness (QED) is 0.602. The number of rotatable bonds is 7. The van der Waals surface area contributed by atoms with Gasteiger partial charge in [-0.25, -0.2) is 13.1 Å². The molecule has 0 radical (unpaired) electrons. The summed E-state index contributed by atoms with van der Waals surface area (Å²) in [5.41, 5.74) is 0. The van der Waals surface area contributed by atoms with Crippen LogP contribution in [-0.2, 0) is 14.8 Å². The third kappa shape index (κ3) is 4.86. The fourth-order valence-corrected chi connectivity index (χ4v) is 2.24. The maximum atomic E-state index is 11.8. The molecule has 1 aromatic rings. The van der Waals surface area contributed by atoms with E-state index in [2.05, 4.69) is 10.0 Å². The summed E-state index contributed by atoms with van der Waals surface area (Å²) in [6, 6.07) is 5.79. The fourth-order valence-electron chi connectivity index (χ4n) is 1.26. The summed E-state index contributed by atoms with van der Waals surface area (Å²) < 4.78 is 30.7. The molecule has 7 nitrogen and oxygen atoms in total. The smallest absolute Gasteiger partial charge is 0.241 e. The molecule has 0 heterocycles. The number of methoxy groups -OCH3 is 1. The molecule has 19 heavy (non-hydrogen) atoms. The summed E-state index contributed by atoms with van der Waals surface area (Å²) in [5.74, 6) is 0.0331. The third-order valence-electron chi connectivity index (χ3n) is 2.23. The number of sulfonamides is 1. The molecule has 1 amide bonds. The molecule has 3 N–H and O–H groups in total. The lowest BCUT2D eigenvalue weighted by Crippen LogP contribution is -2.37. The SMILES string of the molecule is COc1ccc(S(=O)(=O)NCC(=O)NCCO)cc1. The molecule has 0 saturated carbocycles. The van der Waals surface area contributed by atoms with Crippen LogP contribution in [0.4, 0.5) is 0 Å². The summed E-state index contributed by atoms with van der Waals surface area (Å²) in [7, 11) is -2.25. The molecule has 0 unspecified atom stereocenters. The molecule has 0 saturated heterocycles. The van der Waals surface area contributed by atoms with Crippen molar-refractivity contribution in [1.29, 1.82) is 0 Å². The zero-order chi connectivity index (χ0) is 14.3. The van der Waals surface area contributed by atoms with Crippen LogP contribution in [0.3, 0.4) is 0 Å². The molecule has 106 valence electrons. The molecule has 8 heteroatoms. The van der Waals surface area contributed by atoms with Crippen LogP contribution in [0.2, 0.25) is 0 Å². The van der Waals surface area contributed by atoms with Crippen molar-refractivity contribution in [2.75, 3.05) is 26.8 Å². The number of carbonyl (C=O) groups excluding carboxylic acids is 1. The number of aliphatic hydroxyl groups excluding tert-OH is 1. The molecule has 0 aliphatic heterocycles. The summed E-state index contributed by atoms with van der Waals surface area (Å²) in [4.78, 5) is 11.3. The Labute approximate surface area is 111 Å². The number of hydrogen-bond donors (Lipinski definition) is 3. The Kier molecular flexibility index (Phi) is 5.74. The zero-order valence-electron chi connectivity index (χ0n) is 10.4. The van der Waals surface area contributed by atoms with E-state index in [0.717, 1.165) is 0 Å².